The average molecular weight is 339 g/mol. The van der Waals surface area contributed by atoms with Crippen LogP contribution in [-0.2, 0) is 0 Å². The molecule has 0 fully saturated rings. The van der Waals surface area contributed by atoms with Crippen molar-refractivity contribution in [3.63, 3.8) is 0 Å². The van der Waals surface area contributed by atoms with Crippen LogP contribution in [0.2, 0.25) is 10.0 Å². The highest BCUT2D eigenvalue weighted by molar-refractivity contribution is 7.21. The topological polar surface area (TPSA) is 54.6 Å². The monoisotopic (exact) mass is 338 g/mol. The number of hydrazone groups is 1. The summed E-state index contributed by atoms with van der Waals surface area (Å²) in [5.41, 5.74) is 3.18. The van der Waals surface area contributed by atoms with Crippen LogP contribution in [0.5, 0.6) is 0 Å². The van der Waals surface area contributed by atoms with Gasteiger partial charge in [0.1, 0.15) is 4.88 Å². The van der Waals surface area contributed by atoms with E-state index in [1.165, 1.54) is 30.1 Å². The second-order valence-electron chi connectivity index (χ2n) is 4.11. The van der Waals surface area contributed by atoms with E-state index >= 15 is 0 Å². The van der Waals surface area contributed by atoms with Gasteiger partial charge in [0.15, 0.2) is 0 Å². The summed E-state index contributed by atoms with van der Waals surface area (Å²) in [7, 11) is 0. The number of carbonyl (C=O) groups excluding carboxylic acids is 1. The van der Waals surface area contributed by atoms with Crippen LogP contribution in [0.1, 0.15) is 15.2 Å². The highest BCUT2D eigenvalue weighted by Gasteiger charge is 2.18. The number of thiophene rings is 1. The Balaban J connectivity index is 1.85. The number of nitrogens with zero attached hydrogens (tertiary/aromatic N) is 1. The Morgan fingerprint density at radius 1 is 1.33 bits per heavy atom. The Labute approximate surface area is 134 Å². The number of hydrogen-bond donors (Lipinski definition) is 1. The molecule has 7 heteroatoms. The molecule has 0 atom stereocenters. The van der Waals surface area contributed by atoms with Crippen molar-refractivity contribution in [2.24, 2.45) is 5.10 Å². The molecule has 2 aromatic heterocycles. The van der Waals surface area contributed by atoms with E-state index in [4.69, 9.17) is 27.6 Å². The van der Waals surface area contributed by atoms with Gasteiger partial charge in [0.05, 0.1) is 28.8 Å². The predicted octanol–water partition coefficient (Wildman–Crippen LogP) is 4.57. The highest BCUT2D eigenvalue weighted by atomic mass is 35.5. The maximum Gasteiger partial charge on any atom is 0.283 e. The lowest BCUT2D eigenvalue weighted by Gasteiger charge is -1.97. The number of furan rings is 1. The largest absolute Gasteiger partial charge is 0.472 e. The fourth-order valence-corrected chi connectivity index (χ4v) is 3.63. The van der Waals surface area contributed by atoms with E-state index in [-0.39, 0.29) is 5.91 Å². The Hall–Kier alpha value is -1.82. The van der Waals surface area contributed by atoms with E-state index in [1.807, 2.05) is 12.1 Å². The Bertz CT molecular complexity index is 825. The normalized spacial score (nSPS) is 11.3. The first-order chi connectivity index (χ1) is 10.2. The van der Waals surface area contributed by atoms with Crippen LogP contribution in [0.3, 0.4) is 0 Å². The van der Waals surface area contributed by atoms with E-state index in [1.54, 1.807) is 12.1 Å². The summed E-state index contributed by atoms with van der Waals surface area (Å²) in [4.78, 5) is 12.5. The number of rotatable bonds is 3. The van der Waals surface area contributed by atoms with Gasteiger partial charge in [-0.2, -0.15) is 5.10 Å². The van der Waals surface area contributed by atoms with Crippen molar-refractivity contribution in [1.29, 1.82) is 0 Å². The van der Waals surface area contributed by atoms with Crippen molar-refractivity contribution in [1.82, 2.24) is 5.43 Å². The minimum Gasteiger partial charge on any atom is -0.472 e. The maximum atomic E-state index is 12.1. The number of hydrogen-bond acceptors (Lipinski definition) is 4. The van der Waals surface area contributed by atoms with Crippen LogP contribution in [0.25, 0.3) is 10.1 Å². The summed E-state index contributed by atoms with van der Waals surface area (Å²) in [5, 5.41) is 5.41. The Morgan fingerprint density at radius 2 is 2.19 bits per heavy atom. The molecule has 0 saturated heterocycles. The van der Waals surface area contributed by atoms with Crippen molar-refractivity contribution < 1.29 is 9.21 Å². The van der Waals surface area contributed by atoms with Crippen LogP contribution in [0.15, 0.2) is 46.3 Å². The quantitative estimate of drug-likeness (QED) is 0.562. The molecule has 0 bridgehead atoms. The van der Waals surface area contributed by atoms with Gasteiger partial charge in [-0.1, -0.05) is 29.3 Å². The molecule has 3 rings (SSSR count). The lowest BCUT2D eigenvalue weighted by atomic mass is 10.2. The molecule has 0 saturated carbocycles. The molecule has 1 amide bonds. The molecule has 106 valence electrons. The van der Waals surface area contributed by atoms with Gasteiger partial charge in [-0.3, -0.25) is 4.79 Å². The van der Waals surface area contributed by atoms with Crippen LogP contribution < -0.4 is 5.43 Å². The number of nitrogens with one attached hydrogen (secondary N) is 1. The molecule has 0 radical (unpaired) electrons. The average Bonchev–Trinajstić information content (AvgIpc) is 3.08. The van der Waals surface area contributed by atoms with Gasteiger partial charge in [0.25, 0.3) is 5.91 Å². The van der Waals surface area contributed by atoms with Crippen LogP contribution in [0.4, 0.5) is 0 Å². The maximum absolute atomic E-state index is 12.1. The Kier molecular flexibility index (Phi) is 3.96. The lowest BCUT2D eigenvalue weighted by molar-refractivity contribution is 0.0959. The third kappa shape index (κ3) is 2.81. The minimum absolute atomic E-state index is 0.344. The third-order valence-electron chi connectivity index (χ3n) is 2.74. The van der Waals surface area contributed by atoms with Crippen molar-refractivity contribution >= 4 is 56.7 Å². The summed E-state index contributed by atoms with van der Waals surface area (Å²) in [6.07, 6.45) is 4.52. The summed E-state index contributed by atoms with van der Waals surface area (Å²) in [6, 6.07) is 7.14. The zero-order valence-corrected chi connectivity index (χ0v) is 12.8. The van der Waals surface area contributed by atoms with Crippen molar-refractivity contribution in [2.45, 2.75) is 0 Å². The second-order valence-corrected chi connectivity index (χ2v) is 5.95. The molecule has 0 unspecified atom stereocenters. The third-order valence-corrected chi connectivity index (χ3v) is 4.69. The molecule has 21 heavy (non-hydrogen) atoms. The number of amides is 1. The second kappa shape index (κ2) is 5.89. The summed E-state index contributed by atoms with van der Waals surface area (Å²) in [6.45, 7) is 0. The van der Waals surface area contributed by atoms with Crippen molar-refractivity contribution in [2.75, 3.05) is 0 Å². The van der Waals surface area contributed by atoms with Gasteiger partial charge in [0.2, 0.25) is 0 Å². The summed E-state index contributed by atoms with van der Waals surface area (Å²) in [5.74, 6) is -0.378. The zero-order valence-electron chi connectivity index (χ0n) is 10.5. The molecule has 0 aliphatic heterocycles. The van der Waals surface area contributed by atoms with E-state index in [0.717, 1.165) is 10.3 Å². The first-order valence-corrected chi connectivity index (χ1v) is 7.46. The number of carbonyl (C=O) groups is 1. The van der Waals surface area contributed by atoms with Gasteiger partial charge < -0.3 is 4.42 Å². The molecule has 0 aliphatic carbocycles. The number of halogens is 2. The minimum atomic E-state index is -0.378. The van der Waals surface area contributed by atoms with Crippen LogP contribution in [0, 0.1) is 0 Å². The number of benzene rings is 1. The fourth-order valence-electron chi connectivity index (χ4n) is 1.78. The molecule has 1 aromatic carbocycles. The molecule has 0 aliphatic rings. The molecule has 2 heterocycles. The summed E-state index contributed by atoms with van der Waals surface area (Å²) < 4.78 is 5.75. The molecule has 1 N–H and O–H groups in total. The standard InChI is InChI=1S/C14H8Cl2N2O2S/c15-9-2-1-3-10-11(9)12(16)13(21-10)14(19)18-17-6-8-4-5-20-7-8/h1-7H,(H,18,19)/b17-6+. The SMILES string of the molecule is O=C(N/N=C/c1ccoc1)c1sc2cccc(Cl)c2c1Cl. The van der Waals surface area contributed by atoms with Gasteiger partial charge in [-0.15, -0.1) is 11.3 Å². The first kappa shape index (κ1) is 14.1. The van der Waals surface area contributed by atoms with Crippen LogP contribution >= 0.6 is 34.5 Å². The van der Waals surface area contributed by atoms with Gasteiger partial charge in [-0.25, -0.2) is 5.43 Å². The molecular weight excluding hydrogens is 331 g/mol. The summed E-state index contributed by atoms with van der Waals surface area (Å²) >= 11 is 13.6. The molecule has 3 aromatic rings. The van der Waals surface area contributed by atoms with Crippen LogP contribution in [-0.4, -0.2) is 12.1 Å². The molecule has 4 nitrogen and oxygen atoms in total. The zero-order chi connectivity index (χ0) is 14.8. The van der Waals surface area contributed by atoms with Gasteiger partial charge >= 0.3 is 0 Å². The smallest absolute Gasteiger partial charge is 0.283 e. The number of fused-ring (bicyclic) bond motifs is 1. The Morgan fingerprint density at radius 3 is 2.90 bits per heavy atom. The van der Waals surface area contributed by atoms with E-state index < -0.39 is 0 Å². The van der Waals surface area contributed by atoms with E-state index in [2.05, 4.69) is 10.5 Å². The van der Waals surface area contributed by atoms with E-state index in [9.17, 15) is 4.79 Å². The molecule has 0 spiro atoms. The van der Waals surface area contributed by atoms with Gasteiger partial charge in [0, 0.05) is 15.6 Å². The van der Waals surface area contributed by atoms with Crippen molar-refractivity contribution in [3.8, 4) is 0 Å². The fraction of sp³-hybridized carbons (Fsp3) is 0. The first-order valence-electron chi connectivity index (χ1n) is 5.89. The predicted molar refractivity (Wildman–Crippen MR) is 85.6 cm³/mol. The van der Waals surface area contributed by atoms with Crippen molar-refractivity contribution in [3.05, 3.63) is 57.3 Å². The molecular formula is C14H8Cl2N2O2S. The highest BCUT2D eigenvalue weighted by Crippen LogP contribution is 2.39. The lowest BCUT2D eigenvalue weighted by Crippen LogP contribution is -2.16. The van der Waals surface area contributed by atoms with E-state index in [0.29, 0.717) is 20.3 Å². The van der Waals surface area contributed by atoms with Gasteiger partial charge in [-0.05, 0) is 18.2 Å².